The van der Waals surface area contributed by atoms with Gasteiger partial charge in [-0.1, -0.05) is 0 Å². The molecule has 0 aliphatic heterocycles. The van der Waals surface area contributed by atoms with Crippen LogP contribution in [0.1, 0.15) is 6.92 Å². The van der Waals surface area contributed by atoms with Crippen molar-refractivity contribution in [2.75, 3.05) is 11.5 Å². The molecule has 0 fully saturated rings. The number of carboxylic acids is 2. The molecule has 0 bridgehead atoms. The lowest BCUT2D eigenvalue weighted by molar-refractivity contribution is -0.139. The average molecular weight is 268 g/mol. The van der Waals surface area contributed by atoms with Gasteiger partial charge in [-0.25, -0.2) is 0 Å². The van der Waals surface area contributed by atoms with Gasteiger partial charge in [0.25, 0.3) is 0 Å². The smallest absolute Gasteiger partial charge is 0.321 e. The van der Waals surface area contributed by atoms with Crippen molar-refractivity contribution in [2.24, 2.45) is 0 Å². The third-order valence-corrected chi connectivity index (χ3v) is 2.59. The van der Waals surface area contributed by atoms with Gasteiger partial charge >= 0.3 is 11.9 Å². The third-order valence-electron chi connectivity index (χ3n) is 1.86. The van der Waals surface area contributed by atoms with Gasteiger partial charge < -0.3 is 10.2 Å². The summed E-state index contributed by atoms with van der Waals surface area (Å²) in [6.07, 6.45) is -0.457. The van der Waals surface area contributed by atoms with Crippen LogP contribution in [0, 0.1) is 0 Å². The highest BCUT2D eigenvalue weighted by Gasteiger charge is 2.21. The zero-order valence-electron chi connectivity index (χ0n) is 8.75. The highest BCUT2D eigenvalue weighted by atomic mass is 32.1. The molecule has 6 nitrogen and oxygen atoms in total. The third kappa shape index (κ3) is 5.59. The lowest BCUT2D eigenvalue weighted by Crippen LogP contribution is -2.54. The molecule has 0 aromatic rings. The molecular weight excluding hydrogens is 252 g/mol. The van der Waals surface area contributed by atoms with Gasteiger partial charge in [0.05, 0.1) is 6.17 Å². The summed E-state index contributed by atoms with van der Waals surface area (Å²) in [5.74, 6) is -1.80. The molecule has 2 atom stereocenters. The fraction of sp³-hybridized carbons (Fsp3) is 0.750. The summed E-state index contributed by atoms with van der Waals surface area (Å²) >= 11 is 7.76. The van der Waals surface area contributed by atoms with Gasteiger partial charge in [-0.2, -0.15) is 25.3 Å². The number of nitrogens with one attached hydrogen (secondary N) is 2. The second-order valence-corrected chi connectivity index (χ2v) is 3.93. The number of carbonyl (C=O) groups is 2. The van der Waals surface area contributed by atoms with Crippen LogP contribution < -0.4 is 10.6 Å². The maximum absolute atomic E-state index is 10.7. The van der Waals surface area contributed by atoms with E-state index in [1.54, 1.807) is 6.92 Å². The first-order valence-corrected chi connectivity index (χ1v) is 5.88. The minimum atomic E-state index is -1.03. The van der Waals surface area contributed by atoms with E-state index in [1.165, 1.54) is 0 Å². The summed E-state index contributed by atoms with van der Waals surface area (Å²) < 4.78 is 0. The highest BCUT2D eigenvalue weighted by Crippen LogP contribution is 1.94. The predicted molar refractivity (Wildman–Crippen MR) is 66.3 cm³/mol. The Hall–Kier alpha value is -0.440. The maximum Gasteiger partial charge on any atom is 0.321 e. The number of aliphatic carboxylic acids is 2. The summed E-state index contributed by atoms with van der Waals surface area (Å²) in [7, 11) is 0. The first kappa shape index (κ1) is 15.6. The molecule has 0 unspecified atom stereocenters. The molecule has 0 spiro atoms. The molecule has 0 saturated heterocycles. The van der Waals surface area contributed by atoms with E-state index in [1.807, 2.05) is 0 Å². The number of carboxylic acid groups (broad SMARTS) is 2. The zero-order chi connectivity index (χ0) is 12.7. The monoisotopic (exact) mass is 268 g/mol. The molecule has 0 aromatic carbocycles. The number of hydrogen-bond donors (Lipinski definition) is 6. The van der Waals surface area contributed by atoms with E-state index >= 15 is 0 Å². The molecule has 8 heteroatoms. The number of rotatable bonds is 8. The molecule has 0 aliphatic rings. The van der Waals surface area contributed by atoms with Crippen molar-refractivity contribution in [3.05, 3.63) is 0 Å². The summed E-state index contributed by atoms with van der Waals surface area (Å²) in [6.45, 7) is 1.64. The van der Waals surface area contributed by atoms with Crippen molar-refractivity contribution in [1.82, 2.24) is 10.6 Å². The van der Waals surface area contributed by atoms with E-state index in [9.17, 15) is 9.59 Å². The molecule has 16 heavy (non-hydrogen) atoms. The van der Waals surface area contributed by atoms with Crippen LogP contribution in [0.4, 0.5) is 0 Å². The Bertz CT molecular complexity index is 228. The van der Waals surface area contributed by atoms with Gasteiger partial charge in [-0.15, -0.1) is 0 Å². The molecule has 0 aliphatic carbocycles. The van der Waals surface area contributed by atoms with Gasteiger partial charge in [-0.05, 0) is 6.92 Å². The topological polar surface area (TPSA) is 98.7 Å². The zero-order valence-corrected chi connectivity index (χ0v) is 10.5. The molecule has 4 N–H and O–H groups in total. The van der Waals surface area contributed by atoms with Crippen molar-refractivity contribution >= 4 is 37.2 Å². The van der Waals surface area contributed by atoms with Gasteiger partial charge in [0.1, 0.15) is 12.1 Å². The molecular formula is C8H16N2O4S2. The van der Waals surface area contributed by atoms with Gasteiger partial charge in [0.2, 0.25) is 0 Å². The quantitative estimate of drug-likeness (QED) is 0.257. The van der Waals surface area contributed by atoms with Gasteiger partial charge in [0.15, 0.2) is 0 Å². The highest BCUT2D eigenvalue weighted by molar-refractivity contribution is 7.80. The van der Waals surface area contributed by atoms with Crippen molar-refractivity contribution in [2.45, 2.75) is 25.2 Å². The van der Waals surface area contributed by atoms with Crippen LogP contribution >= 0.6 is 25.3 Å². The first-order chi connectivity index (χ1) is 7.42. The average Bonchev–Trinajstić information content (AvgIpc) is 2.21. The molecule has 0 saturated carbocycles. The van der Waals surface area contributed by atoms with E-state index in [0.29, 0.717) is 0 Å². The Morgan fingerprint density at radius 2 is 1.38 bits per heavy atom. The van der Waals surface area contributed by atoms with E-state index in [0.717, 1.165) is 0 Å². The SMILES string of the molecule is CC(N[C@@H](CS)C(=O)O)N[C@@H](CS)C(=O)O. The Balaban J connectivity index is 4.19. The summed E-state index contributed by atoms with van der Waals surface area (Å²) in [5, 5.41) is 22.9. The van der Waals surface area contributed by atoms with Crippen LogP contribution in [-0.2, 0) is 9.59 Å². The second-order valence-electron chi connectivity index (χ2n) is 3.20. The van der Waals surface area contributed by atoms with Gasteiger partial charge in [0, 0.05) is 11.5 Å². The second kappa shape index (κ2) is 7.77. The van der Waals surface area contributed by atoms with Gasteiger partial charge in [-0.3, -0.25) is 20.2 Å². The largest absolute Gasteiger partial charge is 0.480 e. The lowest BCUT2D eigenvalue weighted by Gasteiger charge is -2.22. The van der Waals surface area contributed by atoms with Crippen molar-refractivity contribution in [3.63, 3.8) is 0 Å². The molecule has 0 radical (unpaired) electrons. The van der Waals surface area contributed by atoms with E-state index in [4.69, 9.17) is 10.2 Å². The molecule has 0 amide bonds. The summed E-state index contributed by atoms with van der Waals surface area (Å²) in [5.41, 5.74) is 0. The van der Waals surface area contributed by atoms with E-state index in [-0.39, 0.29) is 11.5 Å². The van der Waals surface area contributed by atoms with Crippen LogP contribution in [-0.4, -0.2) is 51.9 Å². The number of hydrogen-bond acceptors (Lipinski definition) is 6. The first-order valence-electron chi connectivity index (χ1n) is 4.61. The van der Waals surface area contributed by atoms with E-state index in [2.05, 4.69) is 35.9 Å². The maximum atomic E-state index is 10.7. The van der Waals surface area contributed by atoms with Crippen LogP contribution in [0.3, 0.4) is 0 Å². The van der Waals surface area contributed by atoms with Crippen LogP contribution in [0.15, 0.2) is 0 Å². The minimum absolute atomic E-state index is 0.125. The van der Waals surface area contributed by atoms with Crippen molar-refractivity contribution in [3.8, 4) is 0 Å². The Kier molecular flexibility index (Phi) is 7.56. The summed E-state index contributed by atoms with van der Waals surface area (Å²) in [4.78, 5) is 21.4. The molecule has 0 rings (SSSR count). The lowest BCUT2D eigenvalue weighted by atomic mass is 10.3. The van der Waals surface area contributed by atoms with E-state index < -0.39 is 30.2 Å². The molecule has 94 valence electrons. The Morgan fingerprint density at radius 3 is 1.56 bits per heavy atom. The minimum Gasteiger partial charge on any atom is -0.480 e. The number of thiol groups is 2. The normalized spacial score (nSPS) is 14.8. The van der Waals surface area contributed by atoms with Crippen LogP contribution in [0.2, 0.25) is 0 Å². The van der Waals surface area contributed by atoms with Crippen LogP contribution in [0.5, 0.6) is 0 Å². The Morgan fingerprint density at radius 1 is 1.06 bits per heavy atom. The Labute approximate surface area is 105 Å². The molecule has 0 aromatic heterocycles. The fourth-order valence-electron chi connectivity index (χ4n) is 1.06. The fourth-order valence-corrected chi connectivity index (χ4v) is 1.58. The van der Waals surface area contributed by atoms with Crippen molar-refractivity contribution in [1.29, 1.82) is 0 Å². The summed E-state index contributed by atoms with van der Waals surface area (Å²) in [6, 6.07) is -1.64. The standard InChI is InChI=1S/C8H16N2O4S2/c1-4(9-5(2-15)7(11)12)10-6(3-16)8(13)14/h4-6,9-10,15-16H,2-3H2,1H3,(H,11,12)(H,13,14)/t5-,6-/m0/s1. The van der Waals surface area contributed by atoms with Crippen molar-refractivity contribution < 1.29 is 19.8 Å². The predicted octanol–water partition coefficient (Wildman–Crippen LogP) is -0.722. The van der Waals surface area contributed by atoms with Crippen LogP contribution in [0.25, 0.3) is 0 Å². The molecule has 0 heterocycles.